The van der Waals surface area contributed by atoms with E-state index in [1.54, 1.807) is 11.6 Å². The highest BCUT2D eigenvalue weighted by atomic mass is 16.6. The molecule has 0 saturated carbocycles. The minimum Gasteiger partial charge on any atom is -0.381 e. The number of aryl methyl sites for hydroxylation is 1. The van der Waals surface area contributed by atoms with Gasteiger partial charge in [0.2, 0.25) is 5.82 Å². The van der Waals surface area contributed by atoms with Gasteiger partial charge in [0.15, 0.2) is 0 Å². The second-order valence-corrected chi connectivity index (χ2v) is 5.63. The third-order valence-electron chi connectivity index (χ3n) is 3.76. The number of rotatable bonds is 5. The fourth-order valence-electron chi connectivity index (χ4n) is 2.55. The molecule has 2 unspecified atom stereocenters. The molecule has 1 N–H and O–H groups in total. The van der Waals surface area contributed by atoms with Gasteiger partial charge in [-0.2, -0.15) is 5.10 Å². The molecule has 0 spiro atoms. The molecule has 1 aromatic heterocycles. The maximum absolute atomic E-state index is 11.3. The SMILES string of the molecule is Cc1nn(C(C)C)c(NC(C)C2CCOC2)c1[N+](=O)[O-]. The number of anilines is 1. The van der Waals surface area contributed by atoms with Gasteiger partial charge in [0, 0.05) is 24.6 Å². The van der Waals surface area contributed by atoms with Crippen molar-refractivity contribution in [3.63, 3.8) is 0 Å². The maximum Gasteiger partial charge on any atom is 0.333 e. The topological polar surface area (TPSA) is 82.2 Å². The quantitative estimate of drug-likeness (QED) is 0.663. The van der Waals surface area contributed by atoms with Crippen molar-refractivity contribution in [1.29, 1.82) is 0 Å². The van der Waals surface area contributed by atoms with Crippen molar-refractivity contribution in [2.45, 2.75) is 46.2 Å². The van der Waals surface area contributed by atoms with Gasteiger partial charge in [0.25, 0.3) is 0 Å². The molecule has 0 bridgehead atoms. The number of ether oxygens (including phenoxy) is 1. The number of hydrogen-bond donors (Lipinski definition) is 1. The van der Waals surface area contributed by atoms with E-state index >= 15 is 0 Å². The molecule has 2 heterocycles. The second-order valence-electron chi connectivity index (χ2n) is 5.63. The summed E-state index contributed by atoms with van der Waals surface area (Å²) in [5.74, 6) is 0.882. The third kappa shape index (κ3) is 2.77. The van der Waals surface area contributed by atoms with E-state index in [0.717, 1.165) is 13.0 Å². The van der Waals surface area contributed by atoms with E-state index in [9.17, 15) is 10.1 Å². The van der Waals surface area contributed by atoms with Crippen LogP contribution in [0.1, 0.15) is 38.9 Å². The first-order chi connectivity index (χ1) is 9.41. The standard InChI is InChI=1S/C13H22N4O3/c1-8(2)16-13(12(17(18)19)10(4)15-16)14-9(3)11-5-6-20-7-11/h8-9,11,14H,5-7H2,1-4H3. The predicted molar refractivity (Wildman–Crippen MR) is 76.0 cm³/mol. The first kappa shape index (κ1) is 14.8. The zero-order valence-corrected chi connectivity index (χ0v) is 12.4. The largest absolute Gasteiger partial charge is 0.381 e. The fourth-order valence-corrected chi connectivity index (χ4v) is 2.55. The number of hydrogen-bond acceptors (Lipinski definition) is 5. The lowest BCUT2D eigenvalue weighted by atomic mass is 10.0. The van der Waals surface area contributed by atoms with Gasteiger partial charge in [-0.05, 0) is 34.1 Å². The van der Waals surface area contributed by atoms with Crippen molar-refractivity contribution in [2.24, 2.45) is 5.92 Å². The Balaban J connectivity index is 2.30. The van der Waals surface area contributed by atoms with E-state index in [4.69, 9.17) is 4.74 Å². The Kier molecular flexibility index (Phi) is 4.27. The third-order valence-corrected chi connectivity index (χ3v) is 3.76. The Bertz CT molecular complexity index is 492. The maximum atomic E-state index is 11.3. The van der Waals surface area contributed by atoms with Crippen LogP contribution in [0, 0.1) is 23.0 Å². The summed E-state index contributed by atoms with van der Waals surface area (Å²) in [7, 11) is 0. The van der Waals surface area contributed by atoms with Gasteiger partial charge in [-0.25, -0.2) is 4.68 Å². The highest BCUT2D eigenvalue weighted by Crippen LogP contribution is 2.32. The van der Waals surface area contributed by atoms with Gasteiger partial charge in [-0.3, -0.25) is 10.1 Å². The van der Waals surface area contributed by atoms with E-state index in [1.807, 2.05) is 20.8 Å². The van der Waals surface area contributed by atoms with Crippen molar-refractivity contribution in [3.8, 4) is 0 Å². The molecular formula is C13H22N4O3. The molecule has 7 heteroatoms. The molecule has 20 heavy (non-hydrogen) atoms. The minimum atomic E-state index is -0.360. The van der Waals surface area contributed by atoms with Crippen LogP contribution in [-0.2, 0) is 4.74 Å². The second kappa shape index (κ2) is 5.78. The number of nitro groups is 1. The normalized spacial score (nSPS) is 20.4. The van der Waals surface area contributed by atoms with E-state index < -0.39 is 0 Å². The highest BCUT2D eigenvalue weighted by Gasteiger charge is 2.30. The molecular weight excluding hydrogens is 260 g/mol. The van der Waals surface area contributed by atoms with Gasteiger partial charge < -0.3 is 10.1 Å². The van der Waals surface area contributed by atoms with E-state index in [-0.39, 0.29) is 22.7 Å². The Morgan fingerprint density at radius 1 is 1.50 bits per heavy atom. The van der Waals surface area contributed by atoms with Gasteiger partial charge in [0.1, 0.15) is 5.69 Å². The van der Waals surface area contributed by atoms with E-state index in [0.29, 0.717) is 24.0 Å². The zero-order chi connectivity index (χ0) is 14.9. The fraction of sp³-hybridized carbons (Fsp3) is 0.769. The van der Waals surface area contributed by atoms with Crippen LogP contribution in [0.5, 0.6) is 0 Å². The van der Waals surface area contributed by atoms with Crippen molar-refractivity contribution >= 4 is 11.5 Å². The molecule has 0 amide bonds. The Labute approximate surface area is 118 Å². The average Bonchev–Trinajstić information content (AvgIpc) is 2.96. The van der Waals surface area contributed by atoms with Crippen LogP contribution in [0.2, 0.25) is 0 Å². The summed E-state index contributed by atoms with van der Waals surface area (Å²) in [6, 6.07) is 0.182. The van der Waals surface area contributed by atoms with Gasteiger partial charge in [-0.1, -0.05) is 0 Å². The smallest absolute Gasteiger partial charge is 0.333 e. The molecule has 7 nitrogen and oxygen atoms in total. The monoisotopic (exact) mass is 282 g/mol. The lowest BCUT2D eigenvalue weighted by Gasteiger charge is -2.21. The summed E-state index contributed by atoms with van der Waals surface area (Å²) >= 11 is 0. The summed E-state index contributed by atoms with van der Waals surface area (Å²) in [6.07, 6.45) is 0.983. The van der Waals surface area contributed by atoms with Gasteiger partial charge in [0.05, 0.1) is 11.5 Å². The molecule has 1 fully saturated rings. The van der Waals surface area contributed by atoms with Crippen molar-refractivity contribution in [1.82, 2.24) is 9.78 Å². The lowest BCUT2D eigenvalue weighted by molar-refractivity contribution is -0.384. The number of aromatic nitrogens is 2. The van der Waals surface area contributed by atoms with Crippen molar-refractivity contribution in [2.75, 3.05) is 18.5 Å². The lowest BCUT2D eigenvalue weighted by Crippen LogP contribution is -2.28. The zero-order valence-electron chi connectivity index (χ0n) is 12.4. The van der Waals surface area contributed by atoms with E-state index in [2.05, 4.69) is 10.4 Å². The Morgan fingerprint density at radius 3 is 2.70 bits per heavy atom. The van der Waals surface area contributed by atoms with Crippen LogP contribution < -0.4 is 5.32 Å². The van der Waals surface area contributed by atoms with Crippen LogP contribution in [0.15, 0.2) is 0 Å². The molecule has 1 aliphatic heterocycles. The molecule has 2 rings (SSSR count). The van der Waals surface area contributed by atoms with Crippen molar-refractivity contribution in [3.05, 3.63) is 15.8 Å². The molecule has 2 atom stereocenters. The Hall–Kier alpha value is -1.63. The summed E-state index contributed by atoms with van der Waals surface area (Å²) in [5.41, 5.74) is 0.519. The first-order valence-corrected chi connectivity index (χ1v) is 6.99. The number of nitrogens with one attached hydrogen (secondary N) is 1. The summed E-state index contributed by atoms with van der Waals surface area (Å²) < 4.78 is 7.07. The van der Waals surface area contributed by atoms with Crippen LogP contribution in [0.25, 0.3) is 0 Å². The summed E-state index contributed by atoms with van der Waals surface area (Å²) in [6.45, 7) is 9.11. The van der Waals surface area contributed by atoms with Gasteiger partial charge >= 0.3 is 5.69 Å². The van der Waals surface area contributed by atoms with Crippen LogP contribution in [0.3, 0.4) is 0 Å². The van der Waals surface area contributed by atoms with Crippen LogP contribution >= 0.6 is 0 Å². The molecule has 0 aliphatic carbocycles. The van der Waals surface area contributed by atoms with E-state index in [1.165, 1.54) is 0 Å². The average molecular weight is 282 g/mol. The van der Waals surface area contributed by atoms with Gasteiger partial charge in [-0.15, -0.1) is 0 Å². The molecule has 1 aliphatic rings. The minimum absolute atomic E-state index is 0.0666. The summed E-state index contributed by atoms with van der Waals surface area (Å²) in [5, 5.41) is 18.8. The van der Waals surface area contributed by atoms with Crippen LogP contribution in [0.4, 0.5) is 11.5 Å². The number of nitrogens with zero attached hydrogens (tertiary/aromatic N) is 3. The van der Waals surface area contributed by atoms with Crippen LogP contribution in [-0.4, -0.2) is 34.0 Å². The predicted octanol–water partition coefficient (Wildman–Crippen LogP) is 2.52. The molecule has 0 aromatic carbocycles. The summed E-state index contributed by atoms with van der Waals surface area (Å²) in [4.78, 5) is 10.9. The first-order valence-electron chi connectivity index (χ1n) is 6.99. The van der Waals surface area contributed by atoms with Crippen molar-refractivity contribution < 1.29 is 9.66 Å². The molecule has 112 valence electrons. The Morgan fingerprint density at radius 2 is 2.20 bits per heavy atom. The molecule has 1 saturated heterocycles. The highest BCUT2D eigenvalue weighted by molar-refractivity contribution is 5.60. The molecule has 0 radical (unpaired) electrons. The molecule has 1 aromatic rings.